The summed E-state index contributed by atoms with van der Waals surface area (Å²) >= 11 is 1.30. The number of sulfone groups is 1. The molecule has 0 spiro atoms. The molecule has 1 heterocycles. The highest BCUT2D eigenvalue weighted by molar-refractivity contribution is 7.90. The van der Waals surface area contributed by atoms with Gasteiger partial charge in [0.2, 0.25) is 5.91 Å². The first-order valence-electron chi connectivity index (χ1n) is 6.36. The zero-order valence-corrected chi connectivity index (χ0v) is 14.3. The third-order valence-electron chi connectivity index (χ3n) is 2.90. The van der Waals surface area contributed by atoms with Crippen LogP contribution in [-0.2, 0) is 14.6 Å². The van der Waals surface area contributed by atoms with Crippen LogP contribution in [0.5, 0.6) is 5.75 Å². The second-order valence-corrected chi connectivity index (χ2v) is 7.74. The fraction of sp³-hybridized carbons (Fsp3) is 0.286. The van der Waals surface area contributed by atoms with E-state index in [2.05, 4.69) is 10.3 Å². The molecule has 1 aromatic heterocycles. The summed E-state index contributed by atoms with van der Waals surface area (Å²) in [7, 11) is -1.98. The van der Waals surface area contributed by atoms with Crippen molar-refractivity contribution in [3.63, 3.8) is 0 Å². The molecule has 0 unspecified atom stereocenters. The normalized spacial score (nSPS) is 11.3. The van der Waals surface area contributed by atoms with Crippen molar-refractivity contribution in [2.45, 2.75) is 18.7 Å². The van der Waals surface area contributed by atoms with Crippen molar-refractivity contribution in [2.24, 2.45) is 0 Å². The number of ether oxygens (including phenoxy) is 1. The van der Waals surface area contributed by atoms with Gasteiger partial charge in [0.25, 0.3) is 0 Å². The van der Waals surface area contributed by atoms with E-state index in [0.29, 0.717) is 16.4 Å². The summed E-state index contributed by atoms with van der Waals surface area (Å²) in [6, 6.07) is 4.95. The molecule has 1 N–H and O–H groups in total. The maximum atomic E-state index is 11.9. The zero-order chi connectivity index (χ0) is 16.5. The van der Waals surface area contributed by atoms with E-state index < -0.39 is 9.84 Å². The molecule has 2 aromatic rings. The number of benzene rings is 1. The number of hydrogen-bond donors (Lipinski definition) is 1. The van der Waals surface area contributed by atoms with Gasteiger partial charge in [-0.1, -0.05) is 11.3 Å². The van der Waals surface area contributed by atoms with Gasteiger partial charge in [-0.05, 0) is 30.7 Å². The molecule has 2 rings (SSSR count). The number of amides is 1. The number of carbonyl (C=O) groups is 1. The Balaban J connectivity index is 2.54. The number of rotatable bonds is 4. The molecule has 0 aliphatic rings. The van der Waals surface area contributed by atoms with Crippen LogP contribution in [0.1, 0.15) is 12.6 Å². The molecule has 6 nitrogen and oxygen atoms in total. The Kier molecular flexibility index (Phi) is 4.52. The Bertz CT molecular complexity index is 825. The summed E-state index contributed by atoms with van der Waals surface area (Å²) in [6.45, 7) is 3.22. The van der Waals surface area contributed by atoms with E-state index in [4.69, 9.17) is 4.74 Å². The van der Waals surface area contributed by atoms with Crippen LogP contribution in [0.15, 0.2) is 23.1 Å². The fourth-order valence-corrected chi connectivity index (χ4v) is 3.84. The molecule has 0 radical (unpaired) electrons. The number of thiazole rings is 1. The highest BCUT2D eigenvalue weighted by atomic mass is 32.2. The second-order valence-electron chi connectivity index (χ2n) is 4.75. The lowest BCUT2D eigenvalue weighted by Crippen LogP contribution is -2.04. The van der Waals surface area contributed by atoms with Crippen LogP contribution in [0.3, 0.4) is 0 Å². The summed E-state index contributed by atoms with van der Waals surface area (Å²) in [5, 5.41) is 3.11. The number of nitrogens with one attached hydrogen (secondary N) is 1. The first-order valence-corrected chi connectivity index (χ1v) is 9.06. The molecule has 1 aromatic carbocycles. The standard InChI is InChI=1S/C14H16N2O4S2/c1-8-13(21-14(15-8)16-9(2)17)10-5-6-11(20-3)12(7-10)22(4,18)19/h5-7H,1-4H3,(H,15,16,17). The van der Waals surface area contributed by atoms with E-state index in [1.165, 1.54) is 25.4 Å². The summed E-state index contributed by atoms with van der Waals surface area (Å²) in [5.74, 6) is 0.0994. The molecule has 0 saturated carbocycles. The number of methoxy groups -OCH3 is 1. The Morgan fingerprint density at radius 2 is 2.05 bits per heavy atom. The fourth-order valence-electron chi connectivity index (χ4n) is 1.98. The van der Waals surface area contributed by atoms with E-state index in [-0.39, 0.29) is 10.8 Å². The maximum absolute atomic E-state index is 11.9. The van der Waals surface area contributed by atoms with Crippen LogP contribution >= 0.6 is 11.3 Å². The van der Waals surface area contributed by atoms with Gasteiger partial charge in [0.15, 0.2) is 15.0 Å². The van der Waals surface area contributed by atoms with Gasteiger partial charge in [0.05, 0.1) is 17.7 Å². The minimum Gasteiger partial charge on any atom is -0.495 e. The molecule has 0 atom stereocenters. The molecule has 0 fully saturated rings. The lowest BCUT2D eigenvalue weighted by molar-refractivity contribution is -0.114. The Hall–Kier alpha value is -1.93. The average molecular weight is 340 g/mol. The van der Waals surface area contributed by atoms with Gasteiger partial charge >= 0.3 is 0 Å². The number of carbonyl (C=O) groups excluding carboxylic acids is 1. The lowest BCUT2D eigenvalue weighted by Gasteiger charge is -2.08. The predicted molar refractivity (Wildman–Crippen MR) is 86.3 cm³/mol. The Morgan fingerprint density at radius 3 is 2.59 bits per heavy atom. The van der Waals surface area contributed by atoms with Crippen LogP contribution in [0, 0.1) is 6.92 Å². The van der Waals surface area contributed by atoms with Gasteiger partial charge in [-0.2, -0.15) is 0 Å². The van der Waals surface area contributed by atoms with Crippen LogP contribution in [-0.4, -0.2) is 32.7 Å². The van der Waals surface area contributed by atoms with Gasteiger partial charge < -0.3 is 10.1 Å². The Morgan fingerprint density at radius 1 is 1.36 bits per heavy atom. The highest BCUT2D eigenvalue weighted by Gasteiger charge is 2.18. The van der Waals surface area contributed by atoms with Crippen molar-refractivity contribution in [3.8, 4) is 16.2 Å². The third kappa shape index (κ3) is 3.45. The second kappa shape index (κ2) is 6.05. The molecule has 1 amide bonds. The molecule has 0 bridgehead atoms. The van der Waals surface area contributed by atoms with Crippen LogP contribution in [0.2, 0.25) is 0 Å². The van der Waals surface area contributed by atoms with E-state index in [9.17, 15) is 13.2 Å². The lowest BCUT2D eigenvalue weighted by atomic mass is 10.1. The zero-order valence-electron chi connectivity index (χ0n) is 12.6. The Labute approximate surface area is 133 Å². The van der Waals surface area contributed by atoms with Crippen molar-refractivity contribution in [1.82, 2.24) is 4.98 Å². The molecule has 118 valence electrons. The van der Waals surface area contributed by atoms with E-state index in [1.54, 1.807) is 18.2 Å². The van der Waals surface area contributed by atoms with E-state index in [1.807, 2.05) is 6.92 Å². The molecule has 8 heteroatoms. The first kappa shape index (κ1) is 16.4. The van der Waals surface area contributed by atoms with Gasteiger partial charge in [-0.25, -0.2) is 13.4 Å². The quantitative estimate of drug-likeness (QED) is 0.924. The average Bonchev–Trinajstić information content (AvgIpc) is 2.77. The molecular formula is C14H16N2O4S2. The SMILES string of the molecule is COc1ccc(-c2sc(NC(C)=O)nc2C)cc1S(C)(=O)=O. The van der Waals surface area contributed by atoms with Crippen molar-refractivity contribution in [1.29, 1.82) is 0 Å². The molecule has 0 aliphatic carbocycles. The molecular weight excluding hydrogens is 324 g/mol. The van der Waals surface area contributed by atoms with Crippen molar-refractivity contribution < 1.29 is 17.9 Å². The topological polar surface area (TPSA) is 85.4 Å². The van der Waals surface area contributed by atoms with Crippen LogP contribution in [0.4, 0.5) is 5.13 Å². The van der Waals surface area contributed by atoms with E-state index >= 15 is 0 Å². The van der Waals surface area contributed by atoms with Crippen molar-refractivity contribution in [3.05, 3.63) is 23.9 Å². The number of aromatic nitrogens is 1. The smallest absolute Gasteiger partial charge is 0.223 e. The number of nitrogens with zero attached hydrogens (tertiary/aromatic N) is 1. The molecule has 0 saturated heterocycles. The largest absolute Gasteiger partial charge is 0.495 e. The summed E-state index contributed by atoms with van der Waals surface area (Å²) in [4.78, 5) is 16.3. The minimum absolute atomic E-state index is 0.126. The molecule has 22 heavy (non-hydrogen) atoms. The van der Waals surface area contributed by atoms with Gasteiger partial charge in [-0.3, -0.25) is 4.79 Å². The minimum atomic E-state index is -3.41. The summed E-state index contributed by atoms with van der Waals surface area (Å²) < 4.78 is 28.9. The predicted octanol–water partition coefficient (Wildman–Crippen LogP) is 2.49. The number of anilines is 1. The monoisotopic (exact) mass is 340 g/mol. The van der Waals surface area contributed by atoms with Crippen LogP contribution in [0.25, 0.3) is 10.4 Å². The van der Waals surface area contributed by atoms with Gasteiger partial charge in [-0.15, -0.1) is 0 Å². The van der Waals surface area contributed by atoms with E-state index in [0.717, 1.165) is 16.8 Å². The number of hydrogen-bond acceptors (Lipinski definition) is 6. The highest BCUT2D eigenvalue weighted by Crippen LogP contribution is 2.36. The third-order valence-corrected chi connectivity index (χ3v) is 5.14. The van der Waals surface area contributed by atoms with Gasteiger partial charge in [0, 0.05) is 13.2 Å². The first-order chi connectivity index (χ1) is 10.2. The maximum Gasteiger partial charge on any atom is 0.223 e. The number of aryl methyl sites for hydroxylation is 1. The van der Waals surface area contributed by atoms with Crippen LogP contribution < -0.4 is 10.1 Å². The van der Waals surface area contributed by atoms with Crippen molar-refractivity contribution >= 4 is 32.2 Å². The molecule has 0 aliphatic heterocycles. The summed E-state index contributed by atoms with van der Waals surface area (Å²) in [6.07, 6.45) is 1.14. The summed E-state index contributed by atoms with van der Waals surface area (Å²) in [5.41, 5.74) is 1.44. The van der Waals surface area contributed by atoms with Crippen molar-refractivity contribution in [2.75, 3.05) is 18.7 Å². The van der Waals surface area contributed by atoms with Gasteiger partial charge in [0.1, 0.15) is 10.6 Å².